The predicted molar refractivity (Wildman–Crippen MR) is 105 cm³/mol. The number of amides is 1. The van der Waals surface area contributed by atoms with Crippen molar-refractivity contribution in [3.63, 3.8) is 0 Å². The zero-order chi connectivity index (χ0) is 18.5. The number of nitrogens with zero attached hydrogens (tertiary/aromatic N) is 1. The van der Waals surface area contributed by atoms with Gasteiger partial charge in [0.1, 0.15) is 0 Å². The fraction of sp³-hybridized carbons (Fsp3) is 0.400. The molecule has 0 unspecified atom stereocenters. The number of nitrogens with one attached hydrogen (secondary N) is 1. The number of carbonyl (C=O) groups excluding carboxylic acids is 1. The zero-order valence-corrected chi connectivity index (χ0v) is 15.7. The third-order valence-electron chi connectivity index (χ3n) is 4.83. The van der Waals surface area contributed by atoms with Crippen molar-refractivity contribution < 1.29 is 14.7 Å². The first kappa shape index (κ1) is 18.7. The second kappa shape index (κ2) is 8.56. The molecule has 5 nitrogen and oxygen atoms in total. The lowest BCUT2D eigenvalue weighted by Crippen LogP contribution is -2.55. The maximum absolute atomic E-state index is 12.2. The van der Waals surface area contributed by atoms with Crippen LogP contribution in [-0.2, 0) is 9.59 Å². The lowest BCUT2D eigenvalue weighted by Gasteiger charge is -2.42. The number of hydrogen-bond donors (Lipinski definition) is 2. The van der Waals surface area contributed by atoms with E-state index in [0.29, 0.717) is 5.75 Å². The van der Waals surface area contributed by atoms with Gasteiger partial charge in [-0.05, 0) is 42.3 Å². The van der Waals surface area contributed by atoms with Crippen molar-refractivity contribution in [2.24, 2.45) is 0 Å². The molecule has 1 aliphatic rings. The van der Waals surface area contributed by atoms with Crippen LogP contribution in [-0.4, -0.2) is 52.8 Å². The second-order valence-electron chi connectivity index (χ2n) is 6.64. The third kappa shape index (κ3) is 4.77. The number of rotatable bonds is 8. The van der Waals surface area contributed by atoms with Crippen LogP contribution in [0, 0.1) is 0 Å². The standard InChI is InChI=1S/C20H24N2O3S/c1-2-22(12-20(24)25)17-10-16(11-17)21-19(23)13-26-18-8-7-14-5-3-4-6-15(14)9-18/h3-9,16-17H,2,10-13H2,1H3,(H,21,23)(H,24,25). The van der Waals surface area contributed by atoms with Gasteiger partial charge in [0, 0.05) is 17.0 Å². The van der Waals surface area contributed by atoms with Crippen LogP contribution in [0.5, 0.6) is 0 Å². The van der Waals surface area contributed by atoms with E-state index in [1.165, 1.54) is 22.5 Å². The van der Waals surface area contributed by atoms with E-state index < -0.39 is 5.97 Å². The number of likely N-dealkylation sites (N-methyl/N-ethyl adjacent to an activating group) is 1. The molecular formula is C20H24N2O3S. The Morgan fingerprint density at radius 3 is 2.62 bits per heavy atom. The van der Waals surface area contributed by atoms with Gasteiger partial charge in [0.05, 0.1) is 12.3 Å². The van der Waals surface area contributed by atoms with Gasteiger partial charge < -0.3 is 10.4 Å². The van der Waals surface area contributed by atoms with E-state index in [-0.39, 0.29) is 24.5 Å². The van der Waals surface area contributed by atoms with Gasteiger partial charge in [0.2, 0.25) is 5.91 Å². The van der Waals surface area contributed by atoms with E-state index in [1.807, 2.05) is 30.0 Å². The van der Waals surface area contributed by atoms with Crippen molar-refractivity contribution in [1.29, 1.82) is 0 Å². The minimum Gasteiger partial charge on any atom is -0.480 e. The van der Waals surface area contributed by atoms with Crippen LogP contribution >= 0.6 is 11.8 Å². The Bertz CT molecular complexity index is 789. The summed E-state index contributed by atoms with van der Waals surface area (Å²) in [4.78, 5) is 26.1. The molecule has 6 heteroatoms. The Morgan fingerprint density at radius 1 is 1.19 bits per heavy atom. The molecular weight excluding hydrogens is 348 g/mol. The lowest BCUT2D eigenvalue weighted by atomic mass is 9.85. The maximum atomic E-state index is 12.2. The second-order valence-corrected chi connectivity index (χ2v) is 7.69. The highest BCUT2D eigenvalue weighted by atomic mass is 32.2. The van der Waals surface area contributed by atoms with Gasteiger partial charge in [-0.25, -0.2) is 0 Å². The van der Waals surface area contributed by atoms with Gasteiger partial charge >= 0.3 is 5.97 Å². The van der Waals surface area contributed by atoms with Gasteiger partial charge in [-0.3, -0.25) is 14.5 Å². The molecule has 1 saturated carbocycles. The molecule has 2 aromatic carbocycles. The van der Waals surface area contributed by atoms with Crippen molar-refractivity contribution in [3.8, 4) is 0 Å². The third-order valence-corrected chi connectivity index (χ3v) is 5.82. The van der Waals surface area contributed by atoms with Crippen LogP contribution in [0.2, 0.25) is 0 Å². The van der Waals surface area contributed by atoms with Crippen molar-refractivity contribution in [3.05, 3.63) is 42.5 Å². The van der Waals surface area contributed by atoms with Gasteiger partial charge in [-0.2, -0.15) is 0 Å². The number of carboxylic acids is 1. The fourth-order valence-electron chi connectivity index (χ4n) is 3.35. The minimum absolute atomic E-state index is 0.0351. The normalized spacial score (nSPS) is 19.3. The van der Waals surface area contributed by atoms with Crippen LogP contribution in [0.25, 0.3) is 10.8 Å². The van der Waals surface area contributed by atoms with Crippen LogP contribution in [0.4, 0.5) is 0 Å². The number of carbonyl (C=O) groups is 2. The molecule has 0 heterocycles. The van der Waals surface area contributed by atoms with Crippen molar-refractivity contribution in [2.45, 2.75) is 36.7 Å². The van der Waals surface area contributed by atoms with Crippen molar-refractivity contribution >= 4 is 34.4 Å². The highest BCUT2D eigenvalue weighted by Crippen LogP contribution is 2.27. The summed E-state index contributed by atoms with van der Waals surface area (Å²) >= 11 is 1.54. The number of carboxylic acid groups (broad SMARTS) is 1. The number of aliphatic carboxylic acids is 1. The average Bonchev–Trinajstić information content (AvgIpc) is 2.60. The number of fused-ring (bicyclic) bond motifs is 1. The Kier molecular flexibility index (Phi) is 6.16. The predicted octanol–water partition coefficient (Wildman–Crippen LogP) is 2.99. The molecule has 2 N–H and O–H groups in total. The summed E-state index contributed by atoms with van der Waals surface area (Å²) in [5, 5.41) is 14.4. The highest BCUT2D eigenvalue weighted by Gasteiger charge is 2.34. The first-order chi connectivity index (χ1) is 12.5. The molecule has 1 aliphatic carbocycles. The molecule has 26 heavy (non-hydrogen) atoms. The van der Waals surface area contributed by atoms with Crippen molar-refractivity contribution in [1.82, 2.24) is 10.2 Å². The zero-order valence-electron chi connectivity index (χ0n) is 14.9. The number of hydrogen-bond acceptors (Lipinski definition) is 4. The first-order valence-electron chi connectivity index (χ1n) is 8.92. The maximum Gasteiger partial charge on any atom is 0.317 e. The van der Waals surface area contributed by atoms with Gasteiger partial charge in [0.15, 0.2) is 0 Å². The van der Waals surface area contributed by atoms with E-state index in [0.717, 1.165) is 24.3 Å². The SMILES string of the molecule is CCN(CC(=O)O)C1CC(NC(=O)CSc2ccc3ccccc3c2)C1. The molecule has 2 aromatic rings. The Labute approximate surface area is 157 Å². The Morgan fingerprint density at radius 2 is 1.92 bits per heavy atom. The monoisotopic (exact) mass is 372 g/mol. The molecule has 1 fully saturated rings. The van der Waals surface area contributed by atoms with Crippen LogP contribution in [0.1, 0.15) is 19.8 Å². The summed E-state index contributed by atoms with van der Waals surface area (Å²) < 4.78 is 0. The summed E-state index contributed by atoms with van der Waals surface area (Å²) in [5.74, 6) is -0.370. The van der Waals surface area contributed by atoms with Gasteiger partial charge in [0.25, 0.3) is 0 Å². The number of benzene rings is 2. The van der Waals surface area contributed by atoms with E-state index in [2.05, 4.69) is 29.6 Å². The molecule has 0 spiro atoms. The molecule has 0 radical (unpaired) electrons. The van der Waals surface area contributed by atoms with Crippen LogP contribution < -0.4 is 5.32 Å². The van der Waals surface area contributed by atoms with Crippen LogP contribution in [0.3, 0.4) is 0 Å². The average molecular weight is 372 g/mol. The lowest BCUT2D eigenvalue weighted by molar-refractivity contribution is -0.139. The molecule has 0 aromatic heterocycles. The summed E-state index contributed by atoms with van der Waals surface area (Å²) in [6.07, 6.45) is 1.65. The quantitative estimate of drug-likeness (QED) is 0.697. The van der Waals surface area contributed by atoms with Gasteiger partial charge in [-0.15, -0.1) is 11.8 Å². The van der Waals surface area contributed by atoms with Crippen molar-refractivity contribution in [2.75, 3.05) is 18.8 Å². The van der Waals surface area contributed by atoms with E-state index >= 15 is 0 Å². The Hall–Kier alpha value is -2.05. The largest absolute Gasteiger partial charge is 0.480 e. The molecule has 1 amide bonds. The van der Waals surface area contributed by atoms with Crippen LogP contribution in [0.15, 0.2) is 47.4 Å². The summed E-state index contributed by atoms with van der Waals surface area (Å²) in [6, 6.07) is 14.8. The molecule has 3 rings (SSSR count). The topological polar surface area (TPSA) is 69.6 Å². The summed E-state index contributed by atoms with van der Waals surface area (Å²) in [7, 11) is 0. The van der Waals surface area contributed by atoms with E-state index in [9.17, 15) is 9.59 Å². The molecule has 0 bridgehead atoms. The first-order valence-corrected chi connectivity index (χ1v) is 9.90. The Balaban J connectivity index is 1.43. The van der Waals surface area contributed by atoms with E-state index in [1.54, 1.807) is 0 Å². The summed E-state index contributed by atoms with van der Waals surface area (Å²) in [6.45, 7) is 2.75. The summed E-state index contributed by atoms with van der Waals surface area (Å²) in [5.41, 5.74) is 0. The minimum atomic E-state index is -0.800. The van der Waals surface area contributed by atoms with Gasteiger partial charge in [-0.1, -0.05) is 37.3 Å². The molecule has 0 aliphatic heterocycles. The number of thioether (sulfide) groups is 1. The molecule has 138 valence electrons. The smallest absolute Gasteiger partial charge is 0.317 e. The van der Waals surface area contributed by atoms with E-state index in [4.69, 9.17) is 5.11 Å². The highest BCUT2D eigenvalue weighted by molar-refractivity contribution is 8.00. The molecule has 0 saturated heterocycles. The fourth-order valence-corrected chi connectivity index (χ4v) is 4.11. The molecule has 0 atom stereocenters.